The van der Waals surface area contributed by atoms with E-state index in [0.717, 1.165) is 0 Å². The van der Waals surface area contributed by atoms with Gasteiger partial charge in [0.05, 0.1) is 19.8 Å². The number of anilines is 1. The number of nitrogens with one attached hydrogen (secondary N) is 1. The SMILES string of the molecule is CCOc1ccc(NC(=O)C2(N)CC(OCC)C2(C)C)cc1OC. The molecule has 0 heterocycles. The molecule has 1 fully saturated rings. The van der Waals surface area contributed by atoms with Crippen LogP contribution in [0.1, 0.15) is 34.1 Å². The van der Waals surface area contributed by atoms with Crippen molar-refractivity contribution >= 4 is 11.6 Å². The lowest BCUT2D eigenvalue weighted by Crippen LogP contribution is -2.74. The number of ether oxygens (including phenoxy) is 3. The lowest BCUT2D eigenvalue weighted by atomic mass is 9.54. The molecule has 1 saturated carbocycles. The van der Waals surface area contributed by atoms with E-state index in [9.17, 15) is 4.79 Å². The normalized spacial score (nSPS) is 24.8. The Labute approximate surface area is 143 Å². The van der Waals surface area contributed by atoms with E-state index >= 15 is 0 Å². The lowest BCUT2D eigenvalue weighted by molar-refractivity contribution is -0.166. The van der Waals surface area contributed by atoms with Crippen LogP contribution >= 0.6 is 0 Å². The Morgan fingerprint density at radius 1 is 1.29 bits per heavy atom. The van der Waals surface area contributed by atoms with Gasteiger partial charge >= 0.3 is 0 Å². The van der Waals surface area contributed by atoms with Crippen molar-refractivity contribution in [1.29, 1.82) is 0 Å². The molecular formula is C18H28N2O4. The van der Waals surface area contributed by atoms with Gasteiger partial charge < -0.3 is 25.3 Å². The molecular weight excluding hydrogens is 308 g/mol. The molecule has 0 aliphatic heterocycles. The molecule has 6 heteroatoms. The molecule has 6 nitrogen and oxygen atoms in total. The van der Waals surface area contributed by atoms with Crippen LogP contribution in [0, 0.1) is 5.41 Å². The number of carbonyl (C=O) groups excluding carboxylic acids is 1. The Kier molecular flexibility index (Phi) is 5.40. The minimum Gasteiger partial charge on any atom is -0.493 e. The smallest absolute Gasteiger partial charge is 0.245 e. The maximum absolute atomic E-state index is 12.7. The molecule has 0 bridgehead atoms. The largest absolute Gasteiger partial charge is 0.493 e. The second-order valence-electron chi connectivity index (χ2n) is 6.59. The molecule has 1 aromatic carbocycles. The van der Waals surface area contributed by atoms with E-state index in [2.05, 4.69) is 5.32 Å². The summed E-state index contributed by atoms with van der Waals surface area (Å²) in [5.41, 5.74) is 5.63. The summed E-state index contributed by atoms with van der Waals surface area (Å²) < 4.78 is 16.5. The van der Waals surface area contributed by atoms with Gasteiger partial charge in [-0.2, -0.15) is 0 Å². The van der Waals surface area contributed by atoms with E-state index in [0.29, 0.717) is 36.8 Å². The molecule has 3 N–H and O–H groups in total. The van der Waals surface area contributed by atoms with Crippen LogP contribution in [0.3, 0.4) is 0 Å². The van der Waals surface area contributed by atoms with Crippen LogP contribution in [0.5, 0.6) is 11.5 Å². The van der Waals surface area contributed by atoms with Crippen molar-refractivity contribution in [3.05, 3.63) is 18.2 Å². The minimum atomic E-state index is -0.960. The fourth-order valence-corrected chi connectivity index (χ4v) is 3.08. The number of benzene rings is 1. The summed E-state index contributed by atoms with van der Waals surface area (Å²) in [6.45, 7) is 8.94. The number of hydrogen-bond donors (Lipinski definition) is 2. The van der Waals surface area contributed by atoms with Gasteiger partial charge in [-0.1, -0.05) is 13.8 Å². The molecule has 0 aromatic heterocycles. The van der Waals surface area contributed by atoms with Crippen molar-refractivity contribution in [3.63, 3.8) is 0 Å². The Bertz CT molecular complexity index is 603. The number of rotatable bonds is 7. The van der Waals surface area contributed by atoms with Crippen molar-refractivity contribution in [2.45, 2.75) is 45.8 Å². The summed E-state index contributed by atoms with van der Waals surface area (Å²) in [7, 11) is 1.57. The van der Waals surface area contributed by atoms with Gasteiger partial charge in [-0.15, -0.1) is 0 Å². The zero-order valence-corrected chi connectivity index (χ0v) is 15.1. The molecule has 0 spiro atoms. The van der Waals surface area contributed by atoms with Gasteiger partial charge in [-0.25, -0.2) is 0 Å². The predicted octanol–water partition coefficient (Wildman–Crippen LogP) is 2.56. The third kappa shape index (κ3) is 3.08. The van der Waals surface area contributed by atoms with Gasteiger partial charge in [0.25, 0.3) is 0 Å². The first kappa shape index (κ1) is 18.5. The summed E-state index contributed by atoms with van der Waals surface area (Å²) >= 11 is 0. The van der Waals surface area contributed by atoms with Gasteiger partial charge in [-0.05, 0) is 26.0 Å². The summed E-state index contributed by atoms with van der Waals surface area (Å²) in [6.07, 6.45) is 0.501. The first-order valence-corrected chi connectivity index (χ1v) is 8.33. The summed E-state index contributed by atoms with van der Waals surface area (Å²) in [4.78, 5) is 12.7. The molecule has 0 saturated heterocycles. The quantitative estimate of drug-likeness (QED) is 0.799. The van der Waals surface area contributed by atoms with E-state index in [4.69, 9.17) is 19.9 Å². The first-order chi connectivity index (χ1) is 11.3. The van der Waals surface area contributed by atoms with Crippen LogP contribution in [-0.4, -0.2) is 37.9 Å². The topological polar surface area (TPSA) is 82.8 Å². The van der Waals surface area contributed by atoms with Crippen LogP contribution in [0.15, 0.2) is 18.2 Å². The fourth-order valence-electron chi connectivity index (χ4n) is 3.08. The number of hydrogen-bond acceptors (Lipinski definition) is 5. The monoisotopic (exact) mass is 336 g/mol. The molecule has 1 aliphatic rings. The standard InChI is InChI=1S/C18H28N2O4/c1-6-23-13-9-8-12(10-14(13)22-5)20-16(21)18(19)11-15(24-7-2)17(18,3)4/h8-10,15H,6-7,11,19H2,1-5H3,(H,20,21). The molecule has 2 unspecified atom stereocenters. The second-order valence-corrected chi connectivity index (χ2v) is 6.59. The van der Waals surface area contributed by atoms with Gasteiger partial charge in [0.15, 0.2) is 11.5 Å². The van der Waals surface area contributed by atoms with Crippen LogP contribution in [0.4, 0.5) is 5.69 Å². The highest BCUT2D eigenvalue weighted by atomic mass is 16.5. The van der Waals surface area contributed by atoms with Crippen LogP contribution in [0.2, 0.25) is 0 Å². The van der Waals surface area contributed by atoms with Gasteiger partial charge in [0, 0.05) is 30.2 Å². The molecule has 134 valence electrons. The van der Waals surface area contributed by atoms with Crippen molar-refractivity contribution < 1.29 is 19.0 Å². The average Bonchev–Trinajstić information content (AvgIpc) is 2.55. The third-order valence-electron chi connectivity index (χ3n) is 4.96. The Morgan fingerprint density at radius 2 is 2.00 bits per heavy atom. The molecule has 2 atom stereocenters. The minimum absolute atomic E-state index is 0.00637. The van der Waals surface area contributed by atoms with Crippen LogP contribution in [-0.2, 0) is 9.53 Å². The summed E-state index contributed by atoms with van der Waals surface area (Å²) in [5, 5.41) is 2.89. The van der Waals surface area contributed by atoms with E-state index in [-0.39, 0.29) is 12.0 Å². The maximum Gasteiger partial charge on any atom is 0.245 e. The third-order valence-corrected chi connectivity index (χ3v) is 4.96. The summed E-state index contributed by atoms with van der Waals surface area (Å²) in [6, 6.07) is 5.29. The van der Waals surface area contributed by atoms with E-state index in [1.165, 1.54) is 0 Å². The van der Waals surface area contributed by atoms with Gasteiger partial charge in [-0.3, -0.25) is 4.79 Å². The van der Waals surface area contributed by atoms with Gasteiger partial charge in [0.2, 0.25) is 5.91 Å². The molecule has 2 rings (SSSR count). The number of nitrogens with two attached hydrogens (primary N) is 1. The van der Waals surface area contributed by atoms with Crippen LogP contribution < -0.4 is 20.5 Å². The maximum atomic E-state index is 12.7. The van der Waals surface area contributed by atoms with E-state index in [1.807, 2.05) is 27.7 Å². The zero-order chi connectivity index (χ0) is 18.0. The molecule has 1 amide bonds. The lowest BCUT2D eigenvalue weighted by Gasteiger charge is -2.57. The Balaban J connectivity index is 2.13. The first-order valence-electron chi connectivity index (χ1n) is 8.33. The average molecular weight is 336 g/mol. The number of amides is 1. The molecule has 1 aliphatic carbocycles. The van der Waals surface area contributed by atoms with E-state index in [1.54, 1.807) is 25.3 Å². The highest BCUT2D eigenvalue weighted by molar-refractivity contribution is 6.00. The second kappa shape index (κ2) is 6.99. The van der Waals surface area contributed by atoms with Crippen molar-refractivity contribution in [1.82, 2.24) is 0 Å². The highest BCUT2D eigenvalue weighted by Crippen LogP contribution is 2.50. The highest BCUT2D eigenvalue weighted by Gasteiger charge is 2.62. The van der Waals surface area contributed by atoms with Crippen molar-refractivity contribution in [3.8, 4) is 11.5 Å². The Hall–Kier alpha value is -1.79. The summed E-state index contributed by atoms with van der Waals surface area (Å²) in [5.74, 6) is 0.997. The number of carbonyl (C=O) groups is 1. The molecule has 1 aromatic rings. The predicted molar refractivity (Wildman–Crippen MR) is 93.5 cm³/mol. The zero-order valence-electron chi connectivity index (χ0n) is 15.1. The van der Waals surface area contributed by atoms with Crippen molar-refractivity contribution in [2.24, 2.45) is 11.1 Å². The molecule has 0 radical (unpaired) electrons. The fraction of sp³-hybridized carbons (Fsp3) is 0.611. The van der Waals surface area contributed by atoms with E-state index < -0.39 is 11.0 Å². The number of methoxy groups -OCH3 is 1. The van der Waals surface area contributed by atoms with Crippen LogP contribution in [0.25, 0.3) is 0 Å². The van der Waals surface area contributed by atoms with Crippen molar-refractivity contribution in [2.75, 3.05) is 25.6 Å². The molecule has 24 heavy (non-hydrogen) atoms. The Morgan fingerprint density at radius 3 is 2.54 bits per heavy atom. The van der Waals surface area contributed by atoms with Gasteiger partial charge in [0.1, 0.15) is 5.54 Å².